The lowest BCUT2D eigenvalue weighted by molar-refractivity contribution is -0.248. The van der Waals surface area contributed by atoms with Crippen molar-refractivity contribution in [1.29, 1.82) is 0 Å². The Balaban J connectivity index is 1.44. The van der Waals surface area contributed by atoms with Gasteiger partial charge in [0.25, 0.3) is 6.17 Å². The molecule has 0 heterocycles. The average molecular weight is 489 g/mol. The van der Waals surface area contributed by atoms with Crippen LogP contribution in [-0.4, -0.2) is 12.3 Å². The van der Waals surface area contributed by atoms with Crippen LogP contribution >= 0.6 is 0 Å². The van der Waals surface area contributed by atoms with E-state index in [4.69, 9.17) is 0 Å². The van der Waals surface area contributed by atoms with Crippen molar-refractivity contribution in [2.75, 3.05) is 0 Å². The number of alkyl halides is 6. The van der Waals surface area contributed by atoms with Crippen molar-refractivity contribution < 1.29 is 26.3 Å². The Hall–Kier alpha value is -1.46. The second-order valence-electron chi connectivity index (χ2n) is 10.5. The van der Waals surface area contributed by atoms with E-state index in [0.717, 1.165) is 42.7 Å². The molecule has 192 valence electrons. The Morgan fingerprint density at radius 1 is 0.824 bits per heavy atom. The highest BCUT2D eigenvalue weighted by Crippen LogP contribution is 2.43. The molecule has 3 rings (SSSR count). The molecular formula is C28H38F6. The van der Waals surface area contributed by atoms with Crippen molar-refractivity contribution in [3.05, 3.63) is 41.5 Å². The van der Waals surface area contributed by atoms with E-state index in [-0.39, 0.29) is 0 Å². The molecule has 1 aromatic carbocycles. The minimum absolute atomic E-state index is 0.434. The van der Waals surface area contributed by atoms with E-state index in [1.807, 2.05) is 6.08 Å². The van der Waals surface area contributed by atoms with Gasteiger partial charge < -0.3 is 0 Å². The standard InChI is InChI=1S/C28H38F6/c1-2-3-4-5-20-8-14-23(15-9-20)24-16-10-21(11-17-24)6-7-22-12-18-25(19-13-22)27(30,31)26(29)28(32,33)34/h6-7,12-13,18-21,23-24,26H,2-5,8-11,14-17H2,1H3/b7-6+. The van der Waals surface area contributed by atoms with E-state index in [2.05, 4.69) is 13.0 Å². The van der Waals surface area contributed by atoms with Gasteiger partial charge in [0.1, 0.15) is 0 Å². The highest BCUT2D eigenvalue weighted by Gasteiger charge is 2.57. The fraction of sp³-hybridized carbons (Fsp3) is 0.714. The maximum absolute atomic E-state index is 13.8. The molecule has 0 amide bonds. The summed E-state index contributed by atoms with van der Waals surface area (Å²) in [6.07, 6.45) is 9.69. The first-order valence-corrected chi connectivity index (χ1v) is 13.0. The van der Waals surface area contributed by atoms with Gasteiger partial charge in [-0.2, -0.15) is 22.0 Å². The van der Waals surface area contributed by atoms with E-state index in [1.54, 1.807) is 0 Å². The lowest BCUT2D eigenvalue weighted by atomic mass is 9.68. The summed E-state index contributed by atoms with van der Waals surface area (Å²) in [5, 5.41) is 0. The van der Waals surface area contributed by atoms with Crippen LogP contribution in [-0.2, 0) is 5.92 Å². The Morgan fingerprint density at radius 2 is 1.38 bits per heavy atom. The molecule has 2 saturated carbocycles. The van der Waals surface area contributed by atoms with Crippen LogP contribution in [0.2, 0.25) is 0 Å². The van der Waals surface area contributed by atoms with Crippen LogP contribution in [0.3, 0.4) is 0 Å². The van der Waals surface area contributed by atoms with Gasteiger partial charge in [0, 0.05) is 5.56 Å². The first kappa shape index (κ1) is 27.1. The van der Waals surface area contributed by atoms with Gasteiger partial charge in [0.15, 0.2) is 0 Å². The molecule has 2 aliphatic rings. The van der Waals surface area contributed by atoms with Crippen LogP contribution in [0.25, 0.3) is 6.08 Å². The molecule has 1 aromatic rings. The molecule has 0 N–H and O–H groups in total. The Bertz CT molecular complexity index is 750. The molecule has 0 aromatic heterocycles. The van der Waals surface area contributed by atoms with Crippen molar-refractivity contribution in [3.63, 3.8) is 0 Å². The van der Waals surface area contributed by atoms with E-state index >= 15 is 0 Å². The third kappa shape index (κ3) is 7.27. The quantitative estimate of drug-likeness (QED) is 0.240. The first-order chi connectivity index (χ1) is 16.1. The number of rotatable bonds is 9. The van der Waals surface area contributed by atoms with Gasteiger partial charge in [-0.05, 0) is 67.8 Å². The van der Waals surface area contributed by atoms with E-state index in [9.17, 15) is 26.3 Å². The summed E-state index contributed by atoms with van der Waals surface area (Å²) >= 11 is 0. The van der Waals surface area contributed by atoms with Crippen molar-refractivity contribution in [2.24, 2.45) is 23.7 Å². The van der Waals surface area contributed by atoms with Crippen LogP contribution < -0.4 is 0 Å². The Morgan fingerprint density at radius 3 is 1.91 bits per heavy atom. The fourth-order valence-corrected chi connectivity index (χ4v) is 5.86. The number of hydrogen-bond acceptors (Lipinski definition) is 0. The average Bonchev–Trinajstić information content (AvgIpc) is 2.83. The third-order valence-electron chi connectivity index (χ3n) is 8.05. The van der Waals surface area contributed by atoms with Crippen molar-refractivity contribution in [2.45, 2.75) is 102 Å². The maximum Gasteiger partial charge on any atom is 0.426 e. The maximum atomic E-state index is 13.8. The predicted octanol–water partition coefficient (Wildman–Crippen LogP) is 9.89. The summed E-state index contributed by atoms with van der Waals surface area (Å²) in [7, 11) is 0. The van der Waals surface area contributed by atoms with Gasteiger partial charge in [0.05, 0.1) is 0 Å². The smallest absolute Gasteiger partial charge is 0.230 e. The molecule has 6 heteroatoms. The lowest BCUT2D eigenvalue weighted by Crippen LogP contribution is -2.39. The molecule has 2 aliphatic carbocycles. The number of benzene rings is 1. The van der Waals surface area contributed by atoms with Crippen LogP contribution in [0.1, 0.15) is 95.1 Å². The monoisotopic (exact) mass is 488 g/mol. The van der Waals surface area contributed by atoms with E-state index in [0.29, 0.717) is 11.5 Å². The van der Waals surface area contributed by atoms with Gasteiger partial charge >= 0.3 is 12.1 Å². The normalized spacial score (nSPS) is 27.7. The minimum Gasteiger partial charge on any atom is -0.230 e. The van der Waals surface area contributed by atoms with Crippen LogP contribution in [0, 0.1) is 23.7 Å². The first-order valence-electron chi connectivity index (χ1n) is 13.0. The van der Waals surface area contributed by atoms with Gasteiger partial charge in [-0.25, -0.2) is 4.39 Å². The fourth-order valence-electron chi connectivity index (χ4n) is 5.86. The lowest BCUT2D eigenvalue weighted by Gasteiger charge is -2.37. The summed E-state index contributed by atoms with van der Waals surface area (Å²) in [6.45, 7) is 2.25. The number of halogens is 6. The molecule has 0 spiro atoms. The summed E-state index contributed by atoms with van der Waals surface area (Å²) in [5.41, 5.74) is -0.333. The number of hydrogen-bond donors (Lipinski definition) is 0. The zero-order chi connectivity index (χ0) is 24.8. The van der Waals surface area contributed by atoms with E-state index < -0.39 is 23.8 Å². The summed E-state index contributed by atoms with van der Waals surface area (Å²) < 4.78 is 78.0. The van der Waals surface area contributed by atoms with Crippen LogP contribution in [0.15, 0.2) is 30.3 Å². The highest BCUT2D eigenvalue weighted by atomic mass is 19.4. The SMILES string of the molecule is CCCCCC1CCC(C2CCC(/C=C/c3ccc(C(F)(F)C(F)C(F)(F)F)cc3)CC2)CC1. The summed E-state index contributed by atoms with van der Waals surface area (Å²) in [4.78, 5) is 0. The minimum atomic E-state index is -5.60. The van der Waals surface area contributed by atoms with E-state index in [1.165, 1.54) is 76.3 Å². The molecule has 0 radical (unpaired) electrons. The number of unbranched alkanes of at least 4 members (excludes halogenated alkanes) is 2. The van der Waals surface area contributed by atoms with Gasteiger partial charge in [0.2, 0.25) is 0 Å². The second-order valence-corrected chi connectivity index (χ2v) is 10.5. The molecule has 0 nitrogen and oxygen atoms in total. The van der Waals surface area contributed by atoms with Gasteiger partial charge in [-0.3, -0.25) is 0 Å². The summed E-state index contributed by atoms with van der Waals surface area (Å²) in [5.74, 6) is -1.57. The third-order valence-corrected chi connectivity index (χ3v) is 8.05. The zero-order valence-electron chi connectivity index (χ0n) is 20.1. The van der Waals surface area contributed by atoms with Crippen molar-refractivity contribution in [1.82, 2.24) is 0 Å². The molecule has 0 aliphatic heterocycles. The van der Waals surface area contributed by atoms with Gasteiger partial charge in [-0.1, -0.05) is 81.9 Å². The van der Waals surface area contributed by atoms with Crippen LogP contribution in [0.4, 0.5) is 26.3 Å². The largest absolute Gasteiger partial charge is 0.426 e. The Labute approximate surface area is 200 Å². The van der Waals surface area contributed by atoms with Crippen molar-refractivity contribution >= 4 is 6.08 Å². The molecule has 0 bridgehead atoms. The molecule has 0 saturated heterocycles. The van der Waals surface area contributed by atoms with Crippen molar-refractivity contribution in [3.8, 4) is 0 Å². The second kappa shape index (κ2) is 12.0. The highest BCUT2D eigenvalue weighted by molar-refractivity contribution is 5.50. The Kier molecular flexibility index (Phi) is 9.57. The molecular weight excluding hydrogens is 450 g/mol. The molecule has 1 atom stereocenters. The zero-order valence-corrected chi connectivity index (χ0v) is 20.1. The van der Waals surface area contributed by atoms with Gasteiger partial charge in [-0.15, -0.1) is 0 Å². The number of allylic oxidation sites excluding steroid dienone is 1. The summed E-state index contributed by atoms with van der Waals surface area (Å²) in [6, 6.07) is 4.42. The predicted molar refractivity (Wildman–Crippen MR) is 125 cm³/mol. The molecule has 34 heavy (non-hydrogen) atoms. The molecule has 1 unspecified atom stereocenters. The molecule has 2 fully saturated rings. The topological polar surface area (TPSA) is 0 Å². The van der Waals surface area contributed by atoms with Crippen LogP contribution in [0.5, 0.6) is 0 Å².